The number of benzene rings is 1. The molecule has 1 fully saturated rings. The average molecular weight is 356 g/mol. The lowest BCUT2D eigenvalue weighted by Gasteiger charge is -2.21. The van der Waals surface area contributed by atoms with E-state index in [1.54, 1.807) is 7.11 Å². The van der Waals surface area contributed by atoms with E-state index >= 15 is 0 Å². The molecule has 6 heteroatoms. The maximum atomic E-state index is 12.4. The second-order valence-corrected chi connectivity index (χ2v) is 6.71. The Hall–Kier alpha value is -2.34. The number of carbonyl (C=O) groups is 1. The van der Waals surface area contributed by atoms with E-state index in [0.29, 0.717) is 6.54 Å². The minimum absolute atomic E-state index is 0.0166. The summed E-state index contributed by atoms with van der Waals surface area (Å²) in [6, 6.07) is 10.3. The predicted molar refractivity (Wildman–Crippen MR) is 101 cm³/mol. The summed E-state index contributed by atoms with van der Waals surface area (Å²) in [5.41, 5.74) is 1.24. The summed E-state index contributed by atoms with van der Waals surface area (Å²) in [6.07, 6.45) is 7.73. The van der Waals surface area contributed by atoms with Gasteiger partial charge in [0.1, 0.15) is 5.82 Å². The number of rotatable bonds is 6. The lowest BCUT2D eigenvalue weighted by Crippen LogP contribution is -2.41. The number of hydrogen-bond acceptors (Lipinski definition) is 3. The van der Waals surface area contributed by atoms with Crippen LogP contribution in [0.15, 0.2) is 42.7 Å². The van der Waals surface area contributed by atoms with Gasteiger partial charge in [0.15, 0.2) is 0 Å². The molecule has 3 rings (SSSR count). The predicted octanol–water partition coefficient (Wildman–Crippen LogP) is 2.68. The van der Waals surface area contributed by atoms with Gasteiger partial charge >= 0.3 is 6.03 Å². The largest absolute Gasteiger partial charge is 0.381 e. The van der Waals surface area contributed by atoms with Crippen LogP contribution in [0.1, 0.15) is 30.7 Å². The number of likely N-dealkylation sites (tertiary alicyclic amines) is 1. The normalized spacial score (nSPS) is 17.7. The molecule has 2 aromatic rings. The number of aromatic nitrogens is 2. The molecule has 1 aliphatic rings. The molecule has 1 unspecified atom stereocenters. The first-order valence-electron chi connectivity index (χ1n) is 9.36. The van der Waals surface area contributed by atoms with E-state index in [2.05, 4.69) is 27.0 Å². The van der Waals surface area contributed by atoms with Crippen molar-refractivity contribution in [3.63, 3.8) is 0 Å². The van der Waals surface area contributed by atoms with Crippen molar-refractivity contribution >= 4 is 6.03 Å². The van der Waals surface area contributed by atoms with Gasteiger partial charge in [-0.05, 0) is 24.8 Å². The molecule has 1 aliphatic heterocycles. The first kappa shape index (κ1) is 18.5. The third-order valence-corrected chi connectivity index (χ3v) is 4.92. The highest BCUT2D eigenvalue weighted by Gasteiger charge is 2.20. The maximum Gasteiger partial charge on any atom is 0.317 e. The van der Waals surface area contributed by atoms with E-state index in [-0.39, 0.29) is 12.1 Å². The number of hydrogen-bond donors (Lipinski definition) is 1. The number of nitrogens with one attached hydrogen (secondary N) is 1. The summed E-state index contributed by atoms with van der Waals surface area (Å²) in [6.45, 7) is 2.95. The molecule has 1 aromatic carbocycles. The molecule has 0 saturated carbocycles. The van der Waals surface area contributed by atoms with Crippen LogP contribution in [-0.4, -0.2) is 53.3 Å². The van der Waals surface area contributed by atoms with Gasteiger partial charge in [-0.3, -0.25) is 0 Å². The Morgan fingerprint density at radius 1 is 1.27 bits per heavy atom. The summed E-state index contributed by atoms with van der Waals surface area (Å²) < 4.78 is 7.56. The molecule has 0 radical (unpaired) electrons. The Bertz CT molecular complexity index is 686. The Morgan fingerprint density at radius 3 is 2.92 bits per heavy atom. The van der Waals surface area contributed by atoms with Crippen molar-refractivity contribution in [2.75, 3.05) is 26.7 Å². The minimum atomic E-state index is 0.0166. The number of amides is 2. The standard InChI is InChI=1S/C20H28N4O2/c1-26-18-8-5-13-23(14-10-18)20(25)22-11-9-19-21-12-15-24(19)16-17-6-3-2-4-7-17/h2-4,6-7,12,15,18H,5,8-11,13-14,16H2,1H3,(H,22,25). The monoisotopic (exact) mass is 356 g/mol. The van der Waals surface area contributed by atoms with Crippen molar-refractivity contribution < 1.29 is 9.53 Å². The smallest absolute Gasteiger partial charge is 0.317 e. The SMILES string of the molecule is COC1CCCN(C(=O)NCCc2nccn2Cc2ccccc2)CC1. The quantitative estimate of drug-likeness (QED) is 0.866. The van der Waals surface area contributed by atoms with Crippen LogP contribution in [0.4, 0.5) is 4.79 Å². The van der Waals surface area contributed by atoms with E-state index < -0.39 is 0 Å². The molecule has 6 nitrogen and oxygen atoms in total. The van der Waals surface area contributed by atoms with Crippen LogP contribution in [0.25, 0.3) is 0 Å². The maximum absolute atomic E-state index is 12.4. The van der Waals surface area contributed by atoms with Crippen LogP contribution < -0.4 is 5.32 Å². The Labute approximate surface area is 155 Å². The van der Waals surface area contributed by atoms with E-state index in [4.69, 9.17) is 4.74 Å². The van der Waals surface area contributed by atoms with Gasteiger partial charge in [0.25, 0.3) is 0 Å². The second kappa shape index (κ2) is 9.38. The zero-order valence-corrected chi connectivity index (χ0v) is 15.4. The molecule has 0 bridgehead atoms. The first-order valence-corrected chi connectivity index (χ1v) is 9.36. The van der Waals surface area contributed by atoms with Gasteiger partial charge in [0.2, 0.25) is 0 Å². The van der Waals surface area contributed by atoms with E-state index in [0.717, 1.165) is 51.1 Å². The van der Waals surface area contributed by atoms with Gasteiger partial charge < -0.3 is 19.5 Å². The number of methoxy groups -OCH3 is 1. The third kappa shape index (κ3) is 5.08. The molecular formula is C20H28N4O2. The van der Waals surface area contributed by atoms with Crippen LogP contribution >= 0.6 is 0 Å². The molecule has 2 heterocycles. The summed E-state index contributed by atoms with van der Waals surface area (Å²) in [4.78, 5) is 18.7. The van der Waals surface area contributed by atoms with Crippen molar-refractivity contribution in [3.05, 3.63) is 54.1 Å². The fourth-order valence-corrected chi connectivity index (χ4v) is 3.39. The number of urea groups is 1. The average Bonchev–Trinajstić information content (AvgIpc) is 2.95. The Kier molecular flexibility index (Phi) is 6.66. The van der Waals surface area contributed by atoms with Crippen molar-refractivity contribution in [3.8, 4) is 0 Å². The molecule has 26 heavy (non-hydrogen) atoms. The molecule has 0 spiro atoms. The summed E-state index contributed by atoms with van der Waals surface area (Å²) >= 11 is 0. The van der Waals surface area contributed by atoms with Gasteiger partial charge in [0.05, 0.1) is 6.10 Å². The highest BCUT2D eigenvalue weighted by atomic mass is 16.5. The lowest BCUT2D eigenvalue weighted by molar-refractivity contribution is 0.0906. The first-order chi connectivity index (χ1) is 12.8. The molecule has 1 atom stereocenters. The van der Waals surface area contributed by atoms with Gasteiger partial charge in [-0.1, -0.05) is 30.3 Å². The lowest BCUT2D eigenvalue weighted by atomic mass is 10.2. The number of nitrogens with zero attached hydrogens (tertiary/aromatic N) is 3. The van der Waals surface area contributed by atoms with Gasteiger partial charge in [-0.2, -0.15) is 0 Å². The van der Waals surface area contributed by atoms with Crippen LogP contribution in [0.2, 0.25) is 0 Å². The fraction of sp³-hybridized carbons (Fsp3) is 0.500. The van der Waals surface area contributed by atoms with Crippen molar-refractivity contribution in [2.24, 2.45) is 0 Å². The molecule has 140 valence electrons. The highest BCUT2D eigenvalue weighted by Crippen LogP contribution is 2.13. The summed E-state index contributed by atoms with van der Waals surface area (Å²) in [5.74, 6) is 0.990. The fourth-order valence-electron chi connectivity index (χ4n) is 3.39. The zero-order chi connectivity index (χ0) is 18.2. The number of ether oxygens (including phenoxy) is 1. The Balaban J connectivity index is 1.46. The molecule has 2 amide bonds. The van der Waals surface area contributed by atoms with Crippen LogP contribution in [-0.2, 0) is 17.7 Å². The van der Waals surface area contributed by atoms with E-state index in [1.807, 2.05) is 35.5 Å². The number of imidazole rings is 1. The number of carbonyl (C=O) groups excluding carboxylic acids is 1. The van der Waals surface area contributed by atoms with Gasteiger partial charge in [-0.25, -0.2) is 9.78 Å². The second-order valence-electron chi connectivity index (χ2n) is 6.71. The molecular weight excluding hydrogens is 328 g/mol. The molecule has 1 saturated heterocycles. The van der Waals surface area contributed by atoms with E-state index in [9.17, 15) is 4.79 Å². The van der Waals surface area contributed by atoms with Crippen LogP contribution in [0.5, 0.6) is 0 Å². The van der Waals surface area contributed by atoms with Crippen LogP contribution in [0.3, 0.4) is 0 Å². The van der Waals surface area contributed by atoms with Crippen molar-refractivity contribution in [2.45, 2.75) is 38.3 Å². The molecule has 0 aliphatic carbocycles. The molecule has 1 aromatic heterocycles. The summed E-state index contributed by atoms with van der Waals surface area (Å²) in [5, 5.41) is 3.04. The zero-order valence-electron chi connectivity index (χ0n) is 15.4. The van der Waals surface area contributed by atoms with Crippen LogP contribution in [0, 0.1) is 0 Å². The third-order valence-electron chi connectivity index (χ3n) is 4.92. The van der Waals surface area contributed by atoms with Gasteiger partial charge in [0, 0.05) is 52.1 Å². The molecule has 1 N–H and O–H groups in total. The van der Waals surface area contributed by atoms with E-state index in [1.165, 1.54) is 5.56 Å². The highest BCUT2D eigenvalue weighted by molar-refractivity contribution is 5.74. The minimum Gasteiger partial charge on any atom is -0.381 e. The summed E-state index contributed by atoms with van der Waals surface area (Å²) in [7, 11) is 1.75. The van der Waals surface area contributed by atoms with Crippen molar-refractivity contribution in [1.82, 2.24) is 19.8 Å². The topological polar surface area (TPSA) is 59.4 Å². The Morgan fingerprint density at radius 2 is 2.12 bits per heavy atom. The van der Waals surface area contributed by atoms with Crippen molar-refractivity contribution in [1.29, 1.82) is 0 Å². The van der Waals surface area contributed by atoms with Gasteiger partial charge in [-0.15, -0.1) is 0 Å².